The first-order valence-electron chi connectivity index (χ1n) is 9.37. The van der Waals surface area contributed by atoms with Crippen molar-refractivity contribution < 1.29 is 23.9 Å². The molecule has 2 aliphatic heterocycles. The lowest BCUT2D eigenvalue weighted by molar-refractivity contribution is -0.150. The van der Waals surface area contributed by atoms with Gasteiger partial charge in [0.2, 0.25) is 5.91 Å². The highest BCUT2D eigenvalue weighted by Gasteiger charge is 2.34. The van der Waals surface area contributed by atoms with Crippen molar-refractivity contribution in [3.63, 3.8) is 0 Å². The van der Waals surface area contributed by atoms with Gasteiger partial charge in [-0.1, -0.05) is 23.7 Å². The molecule has 0 unspecified atom stereocenters. The minimum absolute atomic E-state index is 0.0571. The van der Waals surface area contributed by atoms with Crippen molar-refractivity contribution in [1.29, 1.82) is 0 Å². The summed E-state index contributed by atoms with van der Waals surface area (Å²) in [6.07, 6.45) is 1.52. The van der Waals surface area contributed by atoms with Crippen LogP contribution in [0.3, 0.4) is 0 Å². The lowest BCUT2D eigenvalue weighted by Gasteiger charge is -2.36. The van der Waals surface area contributed by atoms with Crippen LogP contribution in [0, 0.1) is 0 Å². The molecule has 2 aliphatic rings. The van der Waals surface area contributed by atoms with Gasteiger partial charge in [-0.3, -0.25) is 19.7 Å². The van der Waals surface area contributed by atoms with Crippen LogP contribution in [-0.4, -0.2) is 66.2 Å². The van der Waals surface area contributed by atoms with Gasteiger partial charge in [-0.15, -0.1) is 0 Å². The number of piperazine rings is 1. The summed E-state index contributed by atoms with van der Waals surface area (Å²) in [6, 6.07) is 5.71. The van der Waals surface area contributed by atoms with Crippen LogP contribution in [0.5, 0.6) is 0 Å². The van der Waals surface area contributed by atoms with E-state index in [0.717, 1.165) is 12.8 Å². The number of hydrogen-bond donors (Lipinski definition) is 2. The van der Waals surface area contributed by atoms with Gasteiger partial charge in [0.05, 0.1) is 23.1 Å². The molecule has 2 N–H and O–H groups in total. The van der Waals surface area contributed by atoms with Crippen molar-refractivity contribution in [3.05, 3.63) is 34.9 Å². The molecular weight excluding hydrogens is 418 g/mol. The lowest BCUT2D eigenvalue weighted by Crippen LogP contribution is -2.60. The number of esters is 1. The summed E-state index contributed by atoms with van der Waals surface area (Å²) < 4.78 is 10.7. The van der Waals surface area contributed by atoms with E-state index in [1.165, 1.54) is 4.90 Å². The summed E-state index contributed by atoms with van der Waals surface area (Å²) in [6.45, 7) is 1.54. The fourth-order valence-electron chi connectivity index (χ4n) is 3.22. The number of carbonyl (C=O) groups is 3. The van der Waals surface area contributed by atoms with E-state index in [9.17, 15) is 14.4 Å². The lowest BCUT2D eigenvalue weighted by atomic mass is 10.1. The van der Waals surface area contributed by atoms with E-state index in [-0.39, 0.29) is 35.7 Å². The SMILES string of the molecule is O=C(C[C@@H]1C(=O)NCCN1C(=S)NC(=O)c1ccccc1Cl)OC[C@@H]1CCCO1. The standard InChI is InChI=1S/C19H22ClN3O5S/c20-14-6-2-1-5-13(14)17(25)22-19(29)23-8-7-21-18(26)15(23)10-16(24)28-11-12-4-3-9-27-12/h1-2,5-6,12,15H,3-4,7-11H2,(H,21,26)(H,22,25,29)/t12-,15+/m0/s1. The number of carbonyl (C=O) groups excluding carboxylic acids is 3. The molecule has 2 heterocycles. The van der Waals surface area contributed by atoms with Gasteiger partial charge >= 0.3 is 5.97 Å². The van der Waals surface area contributed by atoms with Crippen molar-refractivity contribution >= 4 is 46.7 Å². The molecule has 1 aromatic rings. The predicted octanol–water partition coefficient (Wildman–Crippen LogP) is 1.27. The topological polar surface area (TPSA) is 97.0 Å². The Hall–Kier alpha value is -2.23. The first kappa shape index (κ1) is 21.5. The quantitative estimate of drug-likeness (QED) is 0.526. The average molecular weight is 440 g/mol. The molecule has 0 radical (unpaired) electrons. The number of ether oxygens (including phenoxy) is 2. The Balaban J connectivity index is 1.60. The highest BCUT2D eigenvalue weighted by molar-refractivity contribution is 7.80. The van der Waals surface area contributed by atoms with Crippen molar-refractivity contribution in [2.75, 3.05) is 26.3 Å². The first-order chi connectivity index (χ1) is 14.0. The van der Waals surface area contributed by atoms with Crippen LogP contribution < -0.4 is 10.6 Å². The van der Waals surface area contributed by atoms with E-state index in [1.54, 1.807) is 24.3 Å². The van der Waals surface area contributed by atoms with Gasteiger partial charge in [-0.2, -0.15) is 0 Å². The Morgan fingerprint density at radius 3 is 2.90 bits per heavy atom. The van der Waals surface area contributed by atoms with Crippen LogP contribution in [-0.2, 0) is 19.1 Å². The van der Waals surface area contributed by atoms with Crippen molar-refractivity contribution in [2.24, 2.45) is 0 Å². The van der Waals surface area contributed by atoms with E-state index in [0.29, 0.717) is 24.7 Å². The molecule has 3 rings (SSSR count). The van der Waals surface area contributed by atoms with Gasteiger partial charge in [-0.05, 0) is 37.2 Å². The third-order valence-electron chi connectivity index (χ3n) is 4.74. The number of nitrogens with zero attached hydrogens (tertiary/aromatic N) is 1. The molecule has 0 saturated carbocycles. The van der Waals surface area contributed by atoms with Crippen molar-refractivity contribution in [1.82, 2.24) is 15.5 Å². The molecule has 156 valence electrons. The molecule has 2 saturated heterocycles. The van der Waals surface area contributed by atoms with Crippen LogP contribution in [0.4, 0.5) is 0 Å². The monoisotopic (exact) mass is 439 g/mol. The van der Waals surface area contributed by atoms with E-state index in [2.05, 4.69) is 10.6 Å². The molecule has 10 heteroatoms. The number of thiocarbonyl (C=S) groups is 1. The smallest absolute Gasteiger partial charge is 0.308 e. The van der Waals surface area contributed by atoms with E-state index < -0.39 is 17.9 Å². The maximum atomic E-state index is 12.5. The Morgan fingerprint density at radius 2 is 2.17 bits per heavy atom. The second-order valence-corrected chi connectivity index (χ2v) is 7.56. The maximum absolute atomic E-state index is 12.5. The molecule has 2 fully saturated rings. The summed E-state index contributed by atoms with van der Waals surface area (Å²) >= 11 is 11.4. The molecule has 0 aliphatic carbocycles. The molecule has 0 bridgehead atoms. The van der Waals surface area contributed by atoms with Crippen LogP contribution in [0.1, 0.15) is 29.6 Å². The predicted molar refractivity (Wildman–Crippen MR) is 110 cm³/mol. The second-order valence-electron chi connectivity index (χ2n) is 6.76. The highest BCUT2D eigenvalue weighted by Crippen LogP contribution is 2.16. The van der Waals surface area contributed by atoms with E-state index >= 15 is 0 Å². The maximum Gasteiger partial charge on any atom is 0.308 e. The summed E-state index contributed by atoms with van der Waals surface area (Å²) in [5.74, 6) is -1.35. The number of nitrogens with one attached hydrogen (secondary N) is 2. The molecule has 0 aromatic heterocycles. The third kappa shape index (κ3) is 5.65. The fraction of sp³-hybridized carbons (Fsp3) is 0.474. The summed E-state index contributed by atoms with van der Waals surface area (Å²) in [7, 11) is 0. The highest BCUT2D eigenvalue weighted by atomic mass is 35.5. The average Bonchev–Trinajstić information content (AvgIpc) is 3.22. The fourth-order valence-corrected chi connectivity index (χ4v) is 3.75. The van der Waals surface area contributed by atoms with Gasteiger partial charge < -0.3 is 19.7 Å². The largest absolute Gasteiger partial charge is 0.463 e. The number of rotatable bonds is 5. The van der Waals surface area contributed by atoms with Crippen LogP contribution in [0.2, 0.25) is 5.02 Å². The Bertz CT molecular complexity index is 800. The van der Waals surface area contributed by atoms with Gasteiger partial charge in [0.1, 0.15) is 12.6 Å². The molecule has 1 aromatic carbocycles. The minimum Gasteiger partial charge on any atom is -0.463 e. The van der Waals surface area contributed by atoms with Crippen LogP contribution >= 0.6 is 23.8 Å². The zero-order chi connectivity index (χ0) is 20.8. The minimum atomic E-state index is -0.861. The van der Waals surface area contributed by atoms with E-state index in [4.69, 9.17) is 33.3 Å². The van der Waals surface area contributed by atoms with Gasteiger partial charge in [0.15, 0.2) is 5.11 Å². The normalized spacial score (nSPS) is 21.4. The number of benzene rings is 1. The summed E-state index contributed by atoms with van der Waals surface area (Å²) in [5, 5.41) is 5.64. The second kappa shape index (κ2) is 10.00. The zero-order valence-corrected chi connectivity index (χ0v) is 17.3. The van der Waals surface area contributed by atoms with Crippen molar-refractivity contribution in [3.8, 4) is 0 Å². The van der Waals surface area contributed by atoms with Crippen LogP contribution in [0.15, 0.2) is 24.3 Å². The van der Waals surface area contributed by atoms with Gasteiger partial charge in [0, 0.05) is 19.7 Å². The Morgan fingerprint density at radius 1 is 1.38 bits per heavy atom. The molecule has 29 heavy (non-hydrogen) atoms. The van der Waals surface area contributed by atoms with Crippen molar-refractivity contribution in [2.45, 2.75) is 31.4 Å². The third-order valence-corrected chi connectivity index (χ3v) is 5.41. The Kier molecular flexibility index (Phi) is 7.40. The van der Waals surface area contributed by atoms with Crippen LogP contribution in [0.25, 0.3) is 0 Å². The summed E-state index contributed by atoms with van der Waals surface area (Å²) in [4.78, 5) is 38.6. The number of halogens is 1. The molecular formula is C19H22ClN3O5S. The van der Waals surface area contributed by atoms with E-state index in [1.807, 2.05) is 0 Å². The van der Waals surface area contributed by atoms with Gasteiger partial charge in [-0.25, -0.2) is 0 Å². The molecule has 2 atom stereocenters. The number of hydrogen-bond acceptors (Lipinski definition) is 6. The zero-order valence-electron chi connectivity index (χ0n) is 15.7. The molecule has 2 amide bonds. The first-order valence-corrected chi connectivity index (χ1v) is 10.2. The molecule has 0 spiro atoms. The molecule has 8 nitrogen and oxygen atoms in total. The Labute approximate surface area is 178 Å². The number of amides is 2. The van der Waals surface area contributed by atoms with Gasteiger partial charge in [0.25, 0.3) is 5.91 Å². The summed E-state index contributed by atoms with van der Waals surface area (Å²) in [5.41, 5.74) is 0.269.